The quantitative estimate of drug-likeness (QED) is 0.415. The minimum Gasteiger partial charge on any atom is -0.494 e. The molecule has 2 aromatic heterocycles. The molecule has 0 atom stereocenters. The fourth-order valence-corrected chi connectivity index (χ4v) is 4.72. The number of halogens is 3. The number of pyridine rings is 1. The molecule has 2 aromatic carbocycles. The number of alkyl halides is 3. The van der Waals surface area contributed by atoms with Gasteiger partial charge in [0.2, 0.25) is 0 Å². The van der Waals surface area contributed by atoms with Crippen LogP contribution in [0.5, 0.6) is 5.75 Å². The van der Waals surface area contributed by atoms with Crippen molar-refractivity contribution in [3.05, 3.63) is 75.1 Å². The van der Waals surface area contributed by atoms with E-state index in [1.54, 1.807) is 22.8 Å². The van der Waals surface area contributed by atoms with E-state index in [9.17, 15) is 22.8 Å². The number of hydrogen-bond donors (Lipinski definition) is 0. The average molecular weight is 455 g/mol. The molecule has 1 saturated carbocycles. The predicted octanol–water partition coefficient (Wildman–Crippen LogP) is 4.84. The highest BCUT2D eigenvalue weighted by Crippen LogP contribution is 2.35. The lowest BCUT2D eigenvalue weighted by molar-refractivity contribution is -0.137. The van der Waals surface area contributed by atoms with E-state index in [-0.39, 0.29) is 17.1 Å². The van der Waals surface area contributed by atoms with Gasteiger partial charge < -0.3 is 4.74 Å². The maximum Gasteiger partial charge on any atom is 0.416 e. The summed E-state index contributed by atoms with van der Waals surface area (Å²) in [6.45, 7) is 0. The lowest BCUT2D eigenvalue weighted by Gasteiger charge is -2.21. The van der Waals surface area contributed by atoms with Crippen LogP contribution in [-0.4, -0.2) is 21.2 Å². The Morgan fingerprint density at radius 1 is 1.03 bits per heavy atom. The number of rotatable bonds is 3. The van der Waals surface area contributed by atoms with E-state index in [1.807, 2.05) is 0 Å². The summed E-state index contributed by atoms with van der Waals surface area (Å²) in [7, 11) is 1.51. The zero-order valence-electron chi connectivity index (χ0n) is 17.7. The van der Waals surface area contributed by atoms with Crippen LogP contribution >= 0.6 is 0 Å². The van der Waals surface area contributed by atoms with Gasteiger partial charge in [0.05, 0.1) is 29.3 Å². The normalized spacial score (nSPS) is 14.9. The summed E-state index contributed by atoms with van der Waals surface area (Å²) in [5, 5.41) is 0.754. The van der Waals surface area contributed by atoms with Gasteiger partial charge in [0, 0.05) is 17.6 Å². The van der Waals surface area contributed by atoms with Crippen molar-refractivity contribution >= 4 is 21.8 Å². The monoisotopic (exact) mass is 455 g/mol. The highest BCUT2D eigenvalue weighted by molar-refractivity contribution is 6.05. The molecule has 0 amide bonds. The molecule has 0 aliphatic heterocycles. The first-order valence-corrected chi connectivity index (χ1v) is 10.6. The molecule has 5 rings (SSSR count). The van der Waals surface area contributed by atoms with Gasteiger partial charge in [-0.1, -0.05) is 31.0 Å². The lowest BCUT2D eigenvalue weighted by Crippen LogP contribution is -2.40. The van der Waals surface area contributed by atoms with Gasteiger partial charge >= 0.3 is 11.9 Å². The van der Waals surface area contributed by atoms with Crippen molar-refractivity contribution in [1.29, 1.82) is 0 Å². The summed E-state index contributed by atoms with van der Waals surface area (Å²) in [5.74, 6) is 0.502. The van der Waals surface area contributed by atoms with Crippen LogP contribution in [0, 0.1) is 0 Å². The van der Waals surface area contributed by atoms with Crippen molar-refractivity contribution in [3.8, 4) is 11.4 Å². The van der Waals surface area contributed by atoms with Crippen LogP contribution in [0.2, 0.25) is 0 Å². The second-order valence-electron chi connectivity index (χ2n) is 8.16. The lowest BCUT2D eigenvalue weighted by atomic mass is 10.1. The second-order valence-corrected chi connectivity index (χ2v) is 8.16. The Bertz CT molecular complexity index is 1500. The molecular formula is C24H20F3N3O3. The highest BCUT2D eigenvalue weighted by Gasteiger charge is 2.31. The number of nitrogens with zero attached hydrogens (tertiary/aromatic N) is 3. The van der Waals surface area contributed by atoms with Gasteiger partial charge in [-0.3, -0.25) is 14.3 Å². The van der Waals surface area contributed by atoms with Crippen molar-refractivity contribution in [2.24, 2.45) is 0 Å². The molecule has 0 saturated heterocycles. The van der Waals surface area contributed by atoms with Crippen molar-refractivity contribution in [2.45, 2.75) is 37.9 Å². The van der Waals surface area contributed by atoms with Gasteiger partial charge in [0.1, 0.15) is 11.3 Å². The molecule has 6 nitrogen and oxygen atoms in total. The molecule has 0 radical (unpaired) electrons. The Labute approximate surface area is 185 Å². The van der Waals surface area contributed by atoms with Crippen LogP contribution in [-0.2, 0) is 6.18 Å². The first-order chi connectivity index (χ1) is 15.8. The Morgan fingerprint density at radius 3 is 2.45 bits per heavy atom. The number of fused-ring (bicyclic) bond motifs is 3. The van der Waals surface area contributed by atoms with Gasteiger partial charge in [-0.05, 0) is 37.1 Å². The maximum absolute atomic E-state index is 13.7. The standard InChI is InChI=1S/C24H20F3N3O3/c1-33-19-11-5-10-17-20(19)28-13-18-21(17)29(15-7-2-3-8-15)23(32)30(22(18)31)16-9-4-6-14(12-16)24(25,26)27/h4-6,9-13,15H,2-3,7-8H2,1H3. The molecule has 0 unspecified atom stereocenters. The van der Waals surface area contributed by atoms with Gasteiger partial charge in [-0.2, -0.15) is 13.2 Å². The zero-order chi connectivity index (χ0) is 23.3. The topological polar surface area (TPSA) is 66.1 Å². The Hall–Kier alpha value is -3.62. The number of para-hydroxylation sites is 1. The third-order valence-electron chi connectivity index (χ3n) is 6.25. The van der Waals surface area contributed by atoms with Crippen LogP contribution < -0.4 is 16.0 Å². The second kappa shape index (κ2) is 7.75. The number of aromatic nitrogens is 3. The minimum absolute atomic E-state index is 0.126. The van der Waals surface area contributed by atoms with Crippen molar-refractivity contribution in [2.75, 3.05) is 7.11 Å². The predicted molar refractivity (Wildman–Crippen MR) is 118 cm³/mol. The van der Waals surface area contributed by atoms with E-state index in [0.29, 0.717) is 22.2 Å². The third-order valence-corrected chi connectivity index (χ3v) is 6.25. The highest BCUT2D eigenvalue weighted by atomic mass is 19.4. The van der Waals surface area contributed by atoms with Crippen molar-refractivity contribution in [3.63, 3.8) is 0 Å². The Balaban J connectivity index is 1.92. The zero-order valence-corrected chi connectivity index (χ0v) is 17.7. The maximum atomic E-state index is 13.7. The molecule has 2 heterocycles. The number of benzene rings is 2. The first kappa shape index (κ1) is 21.2. The summed E-state index contributed by atoms with van der Waals surface area (Å²) < 4.78 is 47.7. The third kappa shape index (κ3) is 3.39. The van der Waals surface area contributed by atoms with Gasteiger partial charge in [-0.15, -0.1) is 0 Å². The van der Waals surface area contributed by atoms with E-state index < -0.39 is 23.0 Å². The molecule has 170 valence electrons. The molecule has 33 heavy (non-hydrogen) atoms. The van der Waals surface area contributed by atoms with E-state index in [1.165, 1.54) is 25.4 Å². The number of methoxy groups -OCH3 is 1. The first-order valence-electron chi connectivity index (χ1n) is 10.6. The fraction of sp³-hybridized carbons (Fsp3) is 0.292. The molecule has 4 aromatic rings. The molecule has 0 bridgehead atoms. The SMILES string of the molecule is COc1cccc2c1ncc1c(=O)n(-c3cccc(C(F)(F)F)c3)c(=O)n(C3CCCC3)c12. The number of hydrogen-bond acceptors (Lipinski definition) is 4. The molecular weight excluding hydrogens is 435 g/mol. The molecule has 0 N–H and O–H groups in total. The van der Waals surface area contributed by atoms with E-state index in [0.717, 1.165) is 42.4 Å². The Morgan fingerprint density at radius 2 is 1.76 bits per heavy atom. The van der Waals surface area contributed by atoms with Crippen LogP contribution in [0.4, 0.5) is 13.2 Å². The summed E-state index contributed by atoms with van der Waals surface area (Å²) in [4.78, 5) is 31.6. The van der Waals surface area contributed by atoms with Crippen LogP contribution in [0.3, 0.4) is 0 Å². The Kier molecular flexibility index (Phi) is 4.99. The summed E-state index contributed by atoms with van der Waals surface area (Å²) in [6.07, 6.45) is 0.0984. The molecule has 1 aliphatic rings. The molecule has 0 spiro atoms. The van der Waals surface area contributed by atoms with Crippen LogP contribution in [0.15, 0.2) is 58.3 Å². The van der Waals surface area contributed by atoms with Crippen LogP contribution in [0.1, 0.15) is 37.3 Å². The van der Waals surface area contributed by atoms with E-state index in [4.69, 9.17) is 4.74 Å². The molecule has 1 aliphatic carbocycles. The molecule has 9 heteroatoms. The fourth-order valence-electron chi connectivity index (χ4n) is 4.72. The van der Waals surface area contributed by atoms with Crippen molar-refractivity contribution < 1.29 is 17.9 Å². The molecule has 1 fully saturated rings. The summed E-state index contributed by atoms with van der Waals surface area (Å²) >= 11 is 0. The minimum atomic E-state index is -4.60. The van der Waals surface area contributed by atoms with E-state index in [2.05, 4.69) is 4.98 Å². The largest absolute Gasteiger partial charge is 0.494 e. The van der Waals surface area contributed by atoms with E-state index >= 15 is 0 Å². The van der Waals surface area contributed by atoms with Gasteiger partial charge in [0.15, 0.2) is 0 Å². The average Bonchev–Trinajstić information content (AvgIpc) is 3.32. The summed E-state index contributed by atoms with van der Waals surface area (Å²) in [5.41, 5.74) is -1.48. The van der Waals surface area contributed by atoms with Crippen LogP contribution in [0.25, 0.3) is 27.5 Å². The number of ether oxygens (including phenoxy) is 1. The van der Waals surface area contributed by atoms with Gasteiger partial charge in [-0.25, -0.2) is 9.36 Å². The summed E-state index contributed by atoms with van der Waals surface area (Å²) in [6, 6.07) is 9.35. The smallest absolute Gasteiger partial charge is 0.416 e. The van der Waals surface area contributed by atoms with Crippen molar-refractivity contribution in [1.82, 2.24) is 14.1 Å². The van der Waals surface area contributed by atoms with Gasteiger partial charge in [0.25, 0.3) is 5.56 Å².